The van der Waals surface area contributed by atoms with Crippen LogP contribution in [0.25, 0.3) is 10.9 Å². The predicted molar refractivity (Wildman–Crippen MR) is 101 cm³/mol. The summed E-state index contributed by atoms with van der Waals surface area (Å²) in [6.45, 7) is 3.94. The number of hydrogen-bond acceptors (Lipinski definition) is 5. The van der Waals surface area contributed by atoms with E-state index in [4.69, 9.17) is 11.6 Å². The summed E-state index contributed by atoms with van der Waals surface area (Å²) >= 11 is 7.64. The van der Waals surface area contributed by atoms with Crippen molar-refractivity contribution < 1.29 is 4.79 Å². The van der Waals surface area contributed by atoms with E-state index in [9.17, 15) is 4.79 Å². The molecule has 3 aromatic rings. The normalized spacial score (nSPS) is 12.1. The first-order chi connectivity index (χ1) is 11.6. The highest BCUT2D eigenvalue weighted by Gasteiger charge is 2.08. The standard InChI is InChI=1S/C18H16ClN3OS/c1-11-6-15-17(20-10-21-18(15)9-23)8-16(11)22-13-4-3-5-14(7-13)24-12(2)19/h3-10,12,22H,1-2H3. The van der Waals surface area contributed by atoms with Gasteiger partial charge in [0.1, 0.15) is 12.0 Å². The Labute approximate surface area is 149 Å². The first-order valence-corrected chi connectivity index (χ1v) is 8.77. The molecule has 0 aliphatic rings. The topological polar surface area (TPSA) is 54.9 Å². The number of rotatable bonds is 5. The van der Waals surface area contributed by atoms with E-state index in [2.05, 4.69) is 21.4 Å². The van der Waals surface area contributed by atoms with Gasteiger partial charge in [0.05, 0.1) is 10.2 Å². The van der Waals surface area contributed by atoms with Crippen molar-refractivity contribution in [1.82, 2.24) is 9.97 Å². The first kappa shape index (κ1) is 16.7. The van der Waals surface area contributed by atoms with Gasteiger partial charge in [-0.1, -0.05) is 6.07 Å². The van der Waals surface area contributed by atoms with E-state index in [1.54, 1.807) is 11.8 Å². The lowest BCUT2D eigenvalue weighted by Crippen LogP contribution is -1.97. The van der Waals surface area contributed by atoms with Crippen LogP contribution in [-0.4, -0.2) is 21.0 Å². The van der Waals surface area contributed by atoms with Gasteiger partial charge in [-0.05, 0) is 49.7 Å². The number of nitrogens with zero attached hydrogens (tertiary/aromatic N) is 2. The summed E-state index contributed by atoms with van der Waals surface area (Å²) < 4.78 is 0.0149. The third-order valence-corrected chi connectivity index (χ3v) is 4.65. The molecule has 2 aromatic carbocycles. The van der Waals surface area contributed by atoms with Crippen LogP contribution in [0, 0.1) is 6.92 Å². The van der Waals surface area contributed by atoms with E-state index >= 15 is 0 Å². The molecule has 1 N–H and O–H groups in total. The van der Waals surface area contributed by atoms with Crippen molar-refractivity contribution in [1.29, 1.82) is 0 Å². The zero-order valence-corrected chi connectivity index (χ0v) is 14.9. The van der Waals surface area contributed by atoms with Crippen LogP contribution in [0.3, 0.4) is 0 Å². The van der Waals surface area contributed by atoms with Gasteiger partial charge in [-0.2, -0.15) is 0 Å². The number of aromatic nitrogens is 2. The highest BCUT2D eigenvalue weighted by Crippen LogP contribution is 2.30. The van der Waals surface area contributed by atoms with Gasteiger partial charge in [0, 0.05) is 21.7 Å². The average Bonchev–Trinajstić information content (AvgIpc) is 2.55. The van der Waals surface area contributed by atoms with Crippen molar-refractivity contribution in [2.75, 3.05) is 5.32 Å². The Balaban J connectivity index is 1.95. The number of benzene rings is 2. The largest absolute Gasteiger partial charge is 0.355 e. The number of nitrogens with one attached hydrogen (secondary N) is 1. The van der Waals surface area contributed by atoms with Gasteiger partial charge in [0.15, 0.2) is 6.29 Å². The number of aryl methyl sites for hydroxylation is 1. The molecule has 24 heavy (non-hydrogen) atoms. The zero-order valence-electron chi connectivity index (χ0n) is 13.3. The van der Waals surface area contributed by atoms with Gasteiger partial charge < -0.3 is 5.32 Å². The van der Waals surface area contributed by atoms with Crippen molar-refractivity contribution in [3.8, 4) is 0 Å². The molecule has 4 nitrogen and oxygen atoms in total. The summed E-state index contributed by atoms with van der Waals surface area (Å²) in [6.07, 6.45) is 2.16. The number of alkyl halides is 1. The highest BCUT2D eigenvalue weighted by atomic mass is 35.5. The second-order valence-corrected chi connectivity index (χ2v) is 7.70. The smallest absolute Gasteiger partial charge is 0.169 e. The molecule has 0 spiro atoms. The van der Waals surface area contributed by atoms with Gasteiger partial charge in [-0.3, -0.25) is 4.79 Å². The summed E-state index contributed by atoms with van der Waals surface area (Å²) in [5, 5.41) is 4.17. The van der Waals surface area contributed by atoms with Gasteiger partial charge in [0.25, 0.3) is 0 Å². The third kappa shape index (κ3) is 3.68. The first-order valence-electron chi connectivity index (χ1n) is 7.45. The Morgan fingerprint density at radius 1 is 1.25 bits per heavy atom. The number of fused-ring (bicyclic) bond motifs is 1. The fourth-order valence-electron chi connectivity index (χ4n) is 2.45. The number of carbonyl (C=O) groups excluding carboxylic acids is 1. The predicted octanol–water partition coefficient (Wildman–Crippen LogP) is 5.17. The Bertz CT molecular complexity index is 899. The molecule has 1 heterocycles. The van der Waals surface area contributed by atoms with Crippen molar-refractivity contribution in [2.45, 2.75) is 23.5 Å². The van der Waals surface area contributed by atoms with Gasteiger partial charge in [-0.25, -0.2) is 9.97 Å². The fraction of sp³-hybridized carbons (Fsp3) is 0.167. The van der Waals surface area contributed by atoms with Crippen molar-refractivity contribution in [3.05, 3.63) is 54.0 Å². The SMILES string of the molecule is Cc1cc2c(C=O)ncnc2cc1Nc1cccc(SC(C)Cl)c1. The summed E-state index contributed by atoms with van der Waals surface area (Å²) in [4.78, 5) is 20.5. The molecule has 1 atom stereocenters. The van der Waals surface area contributed by atoms with Gasteiger partial charge >= 0.3 is 0 Å². The van der Waals surface area contributed by atoms with Crippen molar-refractivity contribution >= 4 is 51.9 Å². The lowest BCUT2D eigenvalue weighted by Gasteiger charge is -2.12. The summed E-state index contributed by atoms with van der Waals surface area (Å²) in [6, 6.07) is 12.0. The lowest BCUT2D eigenvalue weighted by molar-refractivity contribution is 0.112. The van der Waals surface area contributed by atoms with Gasteiger partial charge in [0.2, 0.25) is 0 Å². The van der Waals surface area contributed by atoms with Crippen molar-refractivity contribution in [2.24, 2.45) is 0 Å². The maximum Gasteiger partial charge on any atom is 0.169 e. The molecular formula is C18H16ClN3OS. The maximum absolute atomic E-state index is 11.1. The molecule has 0 radical (unpaired) electrons. The number of anilines is 2. The second kappa shape index (κ2) is 7.20. The summed E-state index contributed by atoms with van der Waals surface area (Å²) in [5.41, 5.74) is 4.08. The maximum atomic E-state index is 11.1. The van der Waals surface area contributed by atoms with E-state index in [0.717, 1.165) is 39.0 Å². The minimum absolute atomic E-state index is 0.0149. The molecule has 122 valence electrons. The Kier molecular flexibility index (Phi) is 5.02. The highest BCUT2D eigenvalue weighted by molar-refractivity contribution is 8.01. The lowest BCUT2D eigenvalue weighted by atomic mass is 10.1. The van der Waals surface area contributed by atoms with E-state index in [0.29, 0.717) is 5.69 Å². The number of hydrogen-bond donors (Lipinski definition) is 1. The number of carbonyl (C=O) groups is 1. The quantitative estimate of drug-likeness (QED) is 0.387. The van der Waals surface area contributed by atoms with Gasteiger partial charge in [-0.15, -0.1) is 23.4 Å². The van der Waals surface area contributed by atoms with Crippen LogP contribution in [0.1, 0.15) is 23.0 Å². The van der Waals surface area contributed by atoms with E-state index in [1.165, 1.54) is 6.33 Å². The average molecular weight is 358 g/mol. The molecule has 1 unspecified atom stereocenters. The molecule has 0 amide bonds. The molecule has 3 rings (SSSR count). The minimum atomic E-state index is 0.0149. The second-order valence-electron chi connectivity index (χ2n) is 5.37. The van der Waals surface area contributed by atoms with E-state index in [-0.39, 0.29) is 4.71 Å². The van der Waals surface area contributed by atoms with Crippen LogP contribution < -0.4 is 5.32 Å². The zero-order chi connectivity index (χ0) is 17.1. The third-order valence-electron chi connectivity index (χ3n) is 3.54. The van der Waals surface area contributed by atoms with Crippen LogP contribution in [0.4, 0.5) is 11.4 Å². The molecule has 6 heteroatoms. The van der Waals surface area contributed by atoms with Crippen LogP contribution in [-0.2, 0) is 0 Å². The van der Waals surface area contributed by atoms with Crippen LogP contribution >= 0.6 is 23.4 Å². The molecule has 0 aliphatic heterocycles. The molecule has 0 saturated carbocycles. The summed E-state index contributed by atoms with van der Waals surface area (Å²) in [7, 11) is 0. The Morgan fingerprint density at radius 2 is 2.08 bits per heavy atom. The number of aldehydes is 1. The summed E-state index contributed by atoms with van der Waals surface area (Å²) in [5.74, 6) is 0. The molecule has 0 saturated heterocycles. The molecule has 1 aromatic heterocycles. The molecule has 0 bridgehead atoms. The van der Waals surface area contributed by atoms with Crippen LogP contribution in [0.15, 0.2) is 47.6 Å². The molecule has 0 aliphatic carbocycles. The Morgan fingerprint density at radius 3 is 2.83 bits per heavy atom. The van der Waals surface area contributed by atoms with Crippen LogP contribution in [0.5, 0.6) is 0 Å². The minimum Gasteiger partial charge on any atom is -0.355 e. The monoisotopic (exact) mass is 357 g/mol. The van der Waals surface area contributed by atoms with Crippen molar-refractivity contribution in [3.63, 3.8) is 0 Å². The number of halogens is 1. The molecule has 0 fully saturated rings. The van der Waals surface area contributed by atoms with E-state index < -0.39 is 0 Å². The Hall–Kier alpha value is -2.11. The number of thioether (sulfide) groups is 1. The fourth-order valence-corrected chi connectivity index (χ4v) is 3.49. The van der Waals surface area contributed by atoms with E-state index in [1.807, 2.05) is 44.2 Å². The van der Waals surface area contributed by atoms with Crippen LogP contribution in [0.2, 0.25) is 0 Å². The molecular weight excluding hydrogens is 342 g/mol.